The van der Waals surface area contributed by atoms with E-state index in [0.29, 0.717) is 12.3 Å². The quantitative estimate of drug-likeness (QED) is 0.564. The van der Waals surface area contributed by atoms with Crippen LogP contribution in [0.4, 0.5) is 5.69 Å². The second-order valence-corrected chi connectivity index (χ2v) is 7.90. The fourth-order valence-electron chi connectivity index (χ4n) is 4.16. The third-order valence-corrected chi connectivity index (χ3v) is 5.83. The fourth-order valence-corrected chi connectivity index (χ4v) is 4.16. The largest absolute Gasteiger partial charge is 0.441 e. The Morgan fingerprint density at radius 3 is 2.73 bits per heavy atom. The molecular formula is C23H25N5O2. The number of anilines is 1. The summed E-state index contributed by atoms with van der Waals surface area (Å²) in [7, 11) is 0. The van der Waals surface area contributed by atoms with Gasteiger partial charge in [0.2, 0.25) is 0 Å². The Balaban J connectivity index is 1.26. The van der Waals surface area contributed by atoms with Gasteiger partial charge < -0.3 is 14.3 Å². The molecule has 1 N–H and O–H groups in total. The molecule has 0 spiro atoms. The number of hydrogen-bond acceptors (Lipinski definition) is 6. The molecule has 0 amide bonds. The number of rotatable bonds is 4. The first-order valence-electron chi connectivity index (χ1n) is 10.4. The Bertz CT molecular complexity index is 1270. The molecule has 30 heavy (non-hydrogen) atoms. The Hall–Kier alpha value is -3.19. The molecule has 154 valence electrons. The van der Waals surface area contributed by atoms with Crippen molar-refractivity contribution in [3.8, 4) is 0 Å². The number of benzene rings is 1. The monoisotopic (exact) mass is 403 g/mol. The molecule has 0 atom stereocenters. The summed E-state index contributed by atoms with van der Waals surface area (Å²) in [5.41, 5.74) is 6.46. The number of fused-ring (bicyclic) bond motifs is 2. The molecule has 1 aromatic carbocycles. The molecule has 7 heteroatoms. The number of hydrogen-bond donors (Lipinski definition) is 1. The SMILES string of the molecule is CCc1cc2ncc(CN3CCN(c4ccc5nc(C)oc5c4)CC3)cc2[nH]c1=O. The molecule has 0 unspecified atom stereocenters. The average molecular weight is 403 g/mol. The molecule has 1 aliphatic rings. The molecule has 1 fully saturated rings. The summed E-state index contributed by atoms with van der Waals surface area (Å²) in [5.74, 6) is 0.697. The van der Waals surface area contributed by atoms with Crippen LogP contribution in [0.1, 0.15) is 23.9 Å². The zero-order chi connectivity index (χ0) is 20.7. The van der Waals surface area contributed by atoms with Crippen molar-refractivity contribution in [2.75, 3.05) is 31.1 Å². The number of oxazole rings is 1. The van der Waals surface area contributed by atoms with Gasteiger partial charge in [0.15, 0.2) is 11.5 Å². The highest BCUT2D eigenvalue weighted by Gasteiger charge is 2.18. The van der Waals surface area contributed by atoms with E-state index >= 15 is 0 Å². The van der Waals surface area contributed by atoms with Crippen molar-refractivity contribution in [3.05, 3.63) is 63.9 Å². The maximum absolute atomic E-state index is 12.1. The molecule has 7 nitrogen and oxygen atoms in total. The van der Waals surface area contributed by atoms with Crippen molar-refractivity contribution in [2.45, 2.75) is 26.8 Å². The fraction of sp³-hybridized carbons (Fsp3) is 0.348. The van der Waals surface area contributed by atoms with E-state index in [1.165, 1.54) is 5.69 Å². The smallest absolute Gasteiger partial charge is 0.251 e. The van der Waals surface area contributed by atoms with Gasteiger partial charge in [0.25, 0.3) is 5.56 Å². The minimum absolute atomic E-state index is 0.0171. The number of nitrogens with zero attached hydrogens (tertiary/aromatic N) is 4. The first kappa shape index (κ1) is 18.8. The Morgan fingerprint density at radius 2 is 1.93 bits per heavy atom. The van der Waals surface area contributed by atoms with Crippen LogP contribution in [0.2, 0.25) is 0 Å². The van der Waals surface area contributed by atoms with Gasteiger partial charge in [0, 0.05) is 63.2 Å². The standard InChI is InChI=1S/C23H25N5O2/c1-3-17-11-20-21(26-23(17)29)10-16(13-24-20)14-27-6-8-28(9-7-27)18-4-5-19-22(12-18)30-15(2)25-19/h4-5,10-13H,3,6-9,14H2,1-2H3,(H,26,29). The van der Waals surface area contributed by atoms with E-state index < -0.39 is 0 Å². The predicted octanol–water partition coefficient (Wildman–Crippen LogP) is 3.26. The molecule has 0 radical (unpaired) electrons. The Morgan fingerprint density at radius 1 is 1.10 bits per heavy atom. The van der Waals surface area contributed by atoms with Crippen LogP contribution in [0.3, 0.4) is 0 Å². The lowest BCUT2D eigenvalue weighted by Crippen LogP contribution is -2.45. The van der Waals surface area contributed by atoms with Crippen molar-refractivity contribution in [3.63, 3.8) is 0 Å². The highest BCUT2D eigenvalue weighted by atomic mass is 16.3. The van der Waals surface area contributed by atoms with E-state index in [2.05, 4.69) is 43.0 Å². The number of piperazine rings is 1. The van der Waals surface area contributed by atoms with E-state index in [-0.39, 0.29) is 5.56 Å². The van der Waals surface area contributed by atoms with Crippen LogP contribution < -0.4 is 10.5 Å². The third-order valence-electron chi connectivity index (χ3n) is 5.83. The van der Waals surface area contributed by atoms with E-state index in [4.69, 9.17) is 4.42 Å². The van der Waals surface area contributed by atoms with E-state index in [9.17, 15) is 4.79 Å². The molecule has 0 bridgehead atoms. The van der Waals surface area contributed by atoms with Crippen molar-refractivity contribution in [1.29, 1.82) is 0 Å². The normalized spacial score (nSPS) is 15.3. The number of pyridine rings is 2. The van der Waals surface area contributed by atoms with Crippen LogP contribution in [0, 0.1) is 6.92 Å². The minimum atomic E-state index is -0.0171. The maximum Gasteiger partial charge on any atom is 0.251 e. The van der Waals surface area contributed by atoms with E-state index in [1.807, 2.05) is 32.2 Å². The molecule has 4 heterocycles. The first-order chi connectivity index (χ1) is 14.6. The van der Waals surface area contributed by atoms with E-state index in [1.54, 1.807) is 0 Å². The summed E-state index contributed by atoms with van der Waals surface area (Å²) >= 11 is 0. The van der Waals surface area contributed by atoms with Gasteiger partial charge in [-0.1, -0.05) is 6.92 Å². The summed E-state index contributed by atoms with van der Waals surface area (Å²) in [6.45, 7) is 8.53. The van der Waals surface area contributed by atoms with E-state index in [0.717, 1.165) is 66.0 Å². The van der Waals surface area contributed by atoms with Crippen molar-refractivity contribution in [2.24, 2.45) is 0 Å². The molecule has 5 rings (SSSR count). The van der Waals surface area contributed by atoms with Gasteiger partial charge in [-0.3, -0.25) is 14.7 Å². The summed E-state index contributed by atoms with van der Waals surface area (Å²) in [4.78, 5) is 28.8. The lowest BCUT2D eigenvalue weighted by Gasteiger charge is -2.36. The van der Waals surface area contributed by atoms with Gasteiger partial charge in [-0.15, -0.1) is 0 Å². The second kappa shape index (κ2) is 7.57. The molecule has 1 aliphatic heterocycles. The molecule has 0 saturated carbocycles. The number of H-pyrrole nitrogens is 1. The van der Waals surface area contributed by atoms with Crippen LogP contribution in [0.25, 0.3) is 22.1 Å². The predicted molar refractivity (Wildman–Crippen MR) is 118 cm³/mol. The van der Waals surface area contributed by atoms with Crippen LogP contribution in [-0.4, -0.2) is 46.0 Å². The molecule has 0 aliphatic carbocycles. The first-order valence-corrected chi connectivity index (χ1v) is 10.4. The third kappa shape index (κ3) is 3.57. The lowest BCUT2D eigenvalue weighted by atomic mass is 10.1. The summed E-state index contributed by atoms with van der Waals surface area (Å²) < 4.78 is 5.68. The number of aromatic nitrogens is 3. The number of nitrogens with one attached hydrogen (secondary N) is 1. The van der Waals surface area contributed by atoms with Crippen molar-refractivity contribution < 1.29 is 4.42 Å². The second-order valence-electron chi connectivity index (χ2n) is 7.90. The molecular weight excluding hydrogens is 378 g/mol. The summed E-state index contributed by atoms with van der Waals surface area (Å²) in [6.07, 6.45) is 2.63. The highest BCUT2D eigenvalue weighted by molar-refractivity contribution is 5.77. The number of aromatic amines is 1. The topological polar surface area (TPSA) is 78.3 Å². The molecule has 3 aromatic heterocycles. The molecule has 4 aromatic rings. The van der Waals surface area contributed by atoms with Crippen molar-refractivity contribution in [1.82, 2.24) is 19.9 Å². The van der Waals surface area contributed by atoms with Gasteiger partial charge in [-0.2, -0.15) is 0 Å². The highest BCUT2D eigenvalue weighted by Crippen LogP contribution is 2.24. The maximum atomic E-state index is 12.1. The minimum Gasteiger partial charge on any atom is -0.441 e. The van der Waals surface area contributed by atoms with Crippen molar-refractivity contribution >= 4 is 27.8 Å². The summed E-state index contributed by atoms with van der Waals surface area (Å²) in [6, 6.07) is 10.2. The Labute approximate surface area is 174 Å². The van der Waals surface area contributed by atoms with Gasteiger partial charge in [0.05, 0.1) is 11.0 Å². The Kier molecular flexibility index (Phi) is 4.75. The van der Waals surface area contributed by atoms with Gasteiger partial charge in [0.1, 0.15) is 5.52 Å². The van der Waals surface area contributed by atoms with Gasteiger partial charge >= 0.3 is 0 Å². The molecule has 1 saturated heterocycles. The summed E-state index contributed by atoms with van der Waals surface area (Å²) in [5, 5.41) is 0. The zero-order valence-electron chi connectivity index (χ0n) is 17.3. The zero-order valence-corrected chi connectivity index (χ0v) is 17.3. The van der Waals surface area contributed by atoms with Crippen LogP contribution >= 0.6 is 0 Å². The van der Waals surface area contributed by atoms with Gasteiger partial charge in [-0.05, 0) is 36.2 Å². The lowest BCUT2D eigenvalue weighted by molar-refractivity contribution is 0.249. The van der Waals surface area contributed by atoms with Gasteiger partial charge in [-0.25, -0.2) is 4.98 Å². The van der Waals surface area contributed by atoms with Crippen LogP contribution in [-0.2, 0) is 13.0 Å². The van der Waals surface area contributed by atoms with Crippen LogP contribution in [0.5, 0.6) is 0 Å². The number of aryl methyl sites for hydroxylation is 2. The van der Waals surface area contributed by atoms with Crippen LogP contribution in [0.15, 0.2) is 45.7 Å². The average Bonchev–Trinajstić information content (AvgIpc) is 3.13.